The van der Waals surface area contributed by atoms with Crippen molar-refractivity contribution in [1.82, 2.24) is 19.6 Å². The molecule has 3 rings (SSSR count). The molecule has 10 heteroatoms. The monoisotopic (exact) mass is 420 g/mol. The number of hydrogen-bond acceptors (Lipinski definition) is 8. The Morgan fingerprint density at radius 1 is 1.10 bits per heavy atom. The van der Waals surface area contributed by atoms with Crippen molar-refractivity contribution in [1.29, 1.82) is 0 Å². The van der Waals surface area contributed by atoms with E-state index in [1.807, 2.05) is 30.3 Å². The van der Waals surface area contributed by atoms with E-state index in [-0.39, 0.29) is 18.8 Å². The highest BCUT2D eigenvalue weighted by atomic mass is 32.2. The number of piperazine rings is 1. The molecule has 1 fully saturated rings. The van der Waals surface area contributed by atoms with E-state index < -0.39 is 10.0 Å². The summed E-state index contributed by atoms with van der Waals surface area (Å²) in [6.07, 6.45) is 0. The summed E-state index contributed by atoms with van der Waals surface area (Å²) in [7, 11) is 0.230. The summed E-state index contributed by atoms with van der Waals surface area (Å²) in [5.41, 5.74) is 0.914. The van der Waals surface area contributed by atoms with Crippen LogP contribution in [0.25, 0.3) is 0 Å². The molecule has 0 bridgehead atoms. The summed E-state index contributed by atoms with van der Waals surface area (Å²) in [5.74, 6) is 1.50. The fraction of sp³-hybridized carbons (Fsp3) is 0.474. The third-order valence-electron chi connectivity index (χ3n) is 4.72. The molecule has 0 unspecified atom stereocenters. The average molecular weight is 421 g/mol. The van der Waals surface area contributed by atoms with Crippen LogP contribution < -0.4 is 19.7 Å². The Morgan fingerprint density at radius 3 is 2.52 bits per heavy atom. The molecule has 9 nitrogen and oxygen atoms in total. The maximum Gasteiger partial charge on any atom is 0.227 e. The zero-order valence-corrected chi connectivity index (χ0v) is 17.7. The summed E-state index contributed by atoms with van der Waals surface area (Å²) in [5, 5.41) is 3.00. The van der Waals surface area contributed by atoms with Gasteiger partial charge >= 0.3 is 0 Å². The number of likely N-dealkylation sites (N-methyl/N-ethyl adjacent to an activating group) is 1. The normalized spacial score (nSPS) is 15.3. The number of anilines is 2. The molecule has 2 N–H and O–H groups in total. The zero-order valence-electron chi connectivity index (χ0n) is 16.8. The first-order valence-corrected chi connectivity index (χ1v) is 11.2. The first-order valence-electron chi connectivity index (χ1n) is 9.57. The minimum atomic E-state index is -3.42. The summed E-state index contributed by atoms with van der Waals surface area (Å²) in [6, 6.07) is 11.2. The molecule has 1 aromatic heterocycles. The number of methoxy groups -OCH3 is 1. The molecule has 0 saturated carbocycles. The lowest BCUT2D eigenvalue weighted by Gasteiger charge is -2.33. The maximum absolute atomic E-state index is 12.2. The lowest BCUT2D eigenvalue weighted by atomic mass is 10.2. The highest BCUT2D eigenvalue weighted by molar-refractivity contribution is 7.89. The van der Waals surface area contributed by atoms with Crippen LogP contribution in [-0.4, -0.2) is 75.9 Å². The SMILES string of the molecule is COc1cc(N2CCN(C)CC2)nc(NCCS(=O)(=O)NCc2ccccc2)n1. The molecule has 0 aliphatic carbocycles. The molecule has 0 amide bonds. The lowest BCUT2D eigenvalue weighted by molar-refractivity contribution is 0.311. The number of aromatic nitrogens is 2. The van der Waals surface area contributed by atoms with Crippen LogP contribution in [-0.2, 0) is 16.6 Å². The van der Waals surface area contributed by atoms with Crippen molar-refractivity contribution in [2.24, 2.45) is 0 Å². The number of ether oxygens (including phenoxy) is 1. The van der Waals surface area contributed by atoms with Gasteiger partial charge in [-0.05, 0) is 12.6 Å². The van der Waals surface area contributed by atoms with Crippen molar-refractivity contribution in [3.63, 3.8) is 0 Å². The van der Waals surface area contributed by atoms with E-state index in [4.69, 9.17) is 4.74 Å². The quantitative estimate of drug-likeness (QED) is 0.614. The minimum absolute atomic E-state index is 0.0791. The first-order chi connectivity index (χ1) is 13.9. The van der Waals surface area contributed by atoms with Gasteiger partial charge in [0.05, 0.1) is 12.9 Å². The highest BCUT2D eigenvalue weighted by Gasteiger charge is 2.18. The maximum atomic E-state index is 12.2. The van der Waals surface area contributed by atoms with Gasteiger partial charge in [-0.2, -0.15) is 9.97 Å². The van der Waals surface area contributed by atoms with Crippen LogP contribution in [0.1, 0.15) is 5.56 Å². The van der Waals surface area contributed by atoms with E-state index in [9.17, 15) is 8.42 Å². The molecule has 0 radical (unpaired) electrons. The number of nitrogens with one attached hydrogen (secondary N) is 2. The largest absolute Gasteiger partial charge is 0.481 e. The second-order valence-electron chi connectivity index (χ2n) is 6.93. The number of hydrogen-bond donors (Lipinski definition) is 2. The first kappa shape index (κ1) is 21.3. The molecule has 1 saturated heterocycles. The van der Waals surface area contributed by atoms with E-state index in [0.29, 0.717) is 11.8 Å². The Morgan fingerprint density at radius 2 is 1.83 bits per heavy atom. The van der Waals surface area contributed by atoms with E-state index in [0.717, 1.165) is 37.6 Å². The predicted molar refractivity (Wildman–Crippen MR) is 114 cm³/mol. The Hall–Kier alpha value is -2.43. The molecule has 0 atom stereocenters. The second-order valence-corrected chi connectivity index (χ2v) is 8.86. The Labute approximate surface area is 172 Å². The van der Waals surface area contributed by atoms with Crippen molar-refractivity contribution >= 4 is 21.8 Å². The molecule has 1 aromatic carbocycles. The Kier molecular flexibility index (Phi) is 7.24. The van der Waals surface area contributed by atoms with Gasteiger partial charge in [-0.3, -0.25) is 0 Å². The van der Waals surface area contributed by atoms with Gasteiger partial charge in [0.2, 0.25) is 21.9 Å². The fourth-order valence-electron chi connectivity index (χ4n) is 2.95. The van der Waals surface area contributed by atoms with Gasteiger partial charge in [0.1, 0.15) is 5.82 Å². The molecule has 158 valence electrons. The molecule has 1 aliphatic heterocycles. The summed E-state index contributed by atoms with van der Waals surface area (Å²) in [4.78, 5) is 13.3. The van der Waals surface area contributed by atoms with Gasteiger partial charge in [-0.15, -0.1) is 0 Å². The molecule has 29 heavy (non-hydrogen) atoms. The third-order valence-corrected chi connectivity index (χ3v) is 6.04. The summed E-state index contributed by atoms with van der Waals surface area (Å²) in [6.45, 7) is 4.12. The molecule has 2 heterocycles. The zero-order chi connectivity index (χ0) is 20.7. The predicted octanol–water partition coefficient (Wildman–Crippen LogP) is 0.769. The van der Waals surface area contributed by atoms with Crippen LogP contribution in [0, 0.1) is 0 Å². The topological polar surface area (TPSA) is 99.7 Å². The van der Waals surface area contributed by atoms with Crippen LogP contribution in [0.3, 0.4) is 0 Å². The lowest BCUT2D eigenvalue weighted by Crippen LogP contribution is -2.44. The summed E-state index contributed by atoms with van der Waals surface area (Å²) >= 11 is 0. The Bertz CT molecular complexity index is 886. The average Bonchev–Trinajstić information content (AvgIpc) is 2.73. The van der Waals surface area contributed by atoms with Crippen molar-refractivity contribution in [3.8, 4) is 5.88 Å². The van der Waals surface area contributed by atoms with E-state index >= 15 is 0 Å². The molecular weight excluding hydrogens is 392 g/mol. The number of rotatable bonds is 9. The smallest absolute Gasteiger partial charge is 0.227 e. The van der Waals surface area contributed by atoms with Crippen LogP contribution >= 0.6 is 0 Å². The second kappa shape index (κ2) is 9.86. The van der Waals surface area contributed by atoms with Gasteiger partial charge in [0.25, 0.3) is 0 Å². The number of sulfonamides is 1. The van der Waals surface area contributed by atoms with Gasteiger partial charge in [-0.25, -0.2) is 13.1 Å². The van der Waals surface area contributed by atoms with E-state index in [1.165, 1.54) is 0 Å². The van der Waals surface area contributed by atoms with Crippen molar-refractivity contribution in [2.45, 2.75) is 6.54 Å². The van der Waals surface area contributed by atoms with E-state index in [2.05, 4.69) is 36.9 Å². The van der Waals surface area contributed by atoms with E-state index in [1.54, 1.807) is 13.2 Å². The van der Waals surface area contributed by atoms with Gasteiger partial charge in [0, 0.05) is 45.3 Å². The Balaban J connectivity index is 1.56. The van der Waals surface area contributed by atoms with Gasteiger partial charge < -0.3 is 19.9 Å². The molecule has 1 aliphatic rings. The van der Waals surface area contributed by atoms with Crippen LogP contribution in [0.4, 0.5) is 11.8 Å². The van der Waals surface area contributed by atoms with Gasteiger partial charge in [-0.1, -0.05) is 30.3 Å². The standard InChI is InChI=1S/C19H28N6O3S/c1-24-9-11-25(12-10-24)17-14-18(28-2)23-19(22-17)20-8-13-29(26,27)21-15-16-6-4-3-5-7-16/h3-7,14,21H,8-13,15H2,1-2H3,(H,20,22,23). The van der Waals surface area contributed by atoms with Crippen LogP contribution in [0.5, 0.6) is 5.88 Å². The molecule has 0 spiro atoms. The van der Waals surface area contributed by atoms with Crippen molar-refractivity contribution in [3.05, 3.63) is 42.0 Å². The number of nitrogens with zero attached hydrogens (tertiary/aromatic N) is 4. The minimum Gasteiger partial charge on any atom is -0.481 e. The van der Waals surface area contributed by atoms with Crippen LogP contribution in [0.15, 0.2) is 36.4 Å². The highest BCUT2D eigenvalue weighted by Crippen LogP contribution is 2.20. The fourth-order valence-corrected chi connectivity index (χ4v) is 3.85. The molecule has 2 aromatic rings. The van der Waals surface area contributed by atoms with Crippen molar-refractivity contribution < 1.29 is 13.2 Å². The third kappa shape index (κ3) is 6.55. The van der Waals surface area contributed by atoms with Crippen LogP contribution in [0.2, 0.25) is 0 Å². The number of benzene rings is 1. The molecular formula is C19H28N6O3S. The summed E-state index contributed by atoms with van der Waals surface area (Å²) < 4.78 is 32.4. The van der Waals surface area contributed by atoms with Crippen molar-refractivity contribution in [2.75, 3.05) is 62.9 Å². The van der Waals surface area contributed by atoms with Gasteiger partial charge in [0.15, 0.2) is 0 Å².